The second-order valence-corrected chi connectivity index (χ2v) is 5.19. The molecule has 4 heteroatoms. The number of rotatable bonds is 4. The molecule has 2 rings (SSSR count). The Balaban J connectivity index is 2.23. The fourth-order valence-corrected chi connectivity index (χ4v) is 1.98. The summed E-state index contributed by atoms with van der Waals surface area (Å²) in [6.07, 6.45) is 0.977. The first-order valence-corrected chi connectivity index (χ1v) is 5.82. The Labute approximate surface area is 96.0 Å². The molecule has 1 aromatic rings. The van der Waals surface area contributed by atoms with E-state index in [4.69, 9.17) is 4.74 Å². The normalized spacial score (nSPS) is 18.8. The Morgan fingerprint density at radius 3 is 2.62 bits per heavy atom. The van der Waals surface area contributed by atoms with Crippen LogP contribution in [0.5, 0.6) is 0 Å². The van der Waals surface area contributed by atoms with Gasteiger partial charge in [-0.25, -0.2) is 4.98 Å². The number of aliphatic hydroxyl groups is 1. The van der Waals surface area contributed by atoms with E-state index in [1.807, 2.05) is 6.92 Å². The van der Waals surface area contributed by atoms with Crippen molar-refractivity contribution in [1.29, 1.82) is 0 Å². The number of aryl methyl sites for hydroxylation is 1. The number of hydrogen-bond acceptors (Lipinski definition) is 3. The summed E-state index contributed by atoms with van der Waals surface area (Å²) in [6, 6.07) is 0. The molecule has 2 N–H and O–H groups in total. The van der Waals surface area contributed by atoms with Gasteiger partial charge in [0.1, 0.15) is 5.82 Å². The van der Waals surface area contributed by atoms with E-state index in [0.717, 1.165) is 23.6 Å². The standard InChI is InChI=1S/C12H20N2O2/c1-8(2)4-10-9(3)13-11(14-10)12(5-15)6-16-7-12/h8,15H,4-7H2,1-3H3,(H,13,14). The third kappa shape index (κ3) is 1.87. The first kappa shape index (κ1) is 11.6. The quantitative estimate of drug-likeness (QED) is 0.807. The molecule has 1 saturated heterocycles. The molecule has 0 amide bonds. The van der Waals surface area contributed by atoms with Crippen molar-refractivity contribution in [3.63, 3.8) is 0 Å². The lowest BCUT2D eigenvalue weighted by atomic mass is 9.86. The molecule has 1 aromatic heterocycles. The minimum Gasteiger partial charge on any atom is -0.395 e. The van der Waals surface area contributed by atoms with Gasteiger partial charge < -0.3 is 14.8 Å². The van der Waals surface area contributed by atoms with Gasteiger partial charge in [-0.15, -0.1) is 0 Å². The zero-order valence-electron chi connectivity index (χ0n) is 10.2. The Hall–Kier alpha value is -0.870. The summed E-state index contributed by atoms with van der Waals surface area (Å²) in [4.78, 5) is 7.91. The summed E-state index contributed by atoms with van der Waals surface area (Å²) >= 11 is 0. The number of ether oxygens (including phenoxy) is 1. The lowest BCUT2D eigenvalue weighted by Crippen LogP contribution is -2.50. The summed E-state index contributed by atoms with van der Waals surface area (Å²) < 4.78 is 5.19. The van der Waals surface area contributed by atoms with Crippen molar-refractivity contribution in [3.05, 3.63) is 17.2 Å². The average Bonchev–Trinajstić information content (AvgIpc) is 2.46. The van der Waals surface area contributed by atoms with Gasteiger partial charge in [0.15, 0.2) is 0 Å². The van der Waals surface area contributed by atoms with Crippen LogP contribution >= 0.6 is 0 Å². The van der Waals surface area contributed by atoms with E-state index >= 15 is 0 Å². The van der Waals surface area contributed by atoms with Gasteiger partial charge in [-0.2, -0.15) is 0 Å². The second kappa shape index (κ2) is 4.18. The number of aromatic amines is 1. The van der Waals surface area contributed by atoms with Crippen molar-refractivity contribution >= 4 is 0 Å². The number of aliphatic hydroxyl groups excluding tert-OH is 1. The van der Waals surface area contributed by atoms with Gasteiger partial charge in [0.05, 0.1) is 30.9 Å². The monoisotopic (exact) mass is 224 g/mol. The molecular weight excluding hydrogens is 204 g/mol. The molecule has 16 heavy (non-hydrogen) atoms. The van der Waals surface area contributed by atoms with E-state index in [1.165, 1.54) is 0 Å². The predicted octanol–water partition coefficient (Wildman–Crippen LogP) is 1.18. The summed E-state index contributed by atoms with van der Waals surface area (Å²) in [6.45, 7) is 7.64. The molecule has 0 aromatic carbocycles. The zero-order valence-corrected chi connectivity index (χ0v) is 10.2. The zero-order chi connectivity index (χ0) is 11.8. The summed E-state index contributed by atoms with van der Waals surface area (Å²) in [7, 11) is 0. The number of imidazole rings is 1. The fourth-order valence-electron chi connectivity index (χ4n) is 1.98. The Kier molecular flexibility index (Phi) is 3.04. The molecule has 90 valence electrons. The lowest BCUT2D eigenvalue weighted by Gasteiger charge is -2.37. The summed E-state index contributed by atoms with van der Waals surface area (Å²) in [5.41, 5.74) is 1.95. The highest BCUT2D eigenvalue weighted by atomic mass is 16.5. The topological polar surface area (TPSA) is 58.1 Å². The van der Waals surface area contributed by atoms with E-state index in [2.05, 4.69) is 23.8 Å². The van der Waals surface area contributed by atoms with Crippen molar-refractivity contribution in [3.8, 4) is 0 Å². The van der Waals surface area contributed by atoms with Crippen molar-refractivity contribution in [2.75, 3.05) is 19.8 Å². The molecule has 0 unspecified atom stereocenters. The molecular formula is C12H20N2O2. The molecule has 0 aliphatic carbocycles. The molecule has 0 atom stereocenters. The molecule has 2 heterocycles. The molecule has 0 saturated carbocycles. The SMILES string of the molecule is Cc1[nH]c(C2(CO)COC2)nc1CC(C)C. The minimum atomic E-state index is -0.278. The smallest absolute Gasteiger partial charge is 0.119 e. The maximum Gasteiger partial charge on any atom is 0.119 e. The van der Waals surface area contributed by atoms with Crippen molar-refractivity contribution < 1.29 is 9.84 Å². The largest absolute Gasteiger partial charge is 0.395 e. The predicted molar refractivity (Wildman–Crippen MR) is 61.4 cm³/mol. The lowest BCUT2D eigenvalue weighted by molar-refractivity contribution is -0.0881. The minimum absolute atomic E-state index is 0.0983. The van der Waals surface area contributed by atoms with Crippen molar-refractivity contribution in [2.45, 2.75) is 32.6 Å². The number of nitrogens with zero attached hydrogens (tertiary/aromatic N) is 1. The molecule has 1 fully saturated rings. The van der Waals surface area contributed by atoms with Crippen molar-refractivity contribution in [1.82, 2.24) is 9.97 Å². The van der Waals surface area contributed by atoms with Gasteiger partial charge in [0.25, 0.3) is 0 Å². The number of H-pyrrole nitrogens is 1. The second-order valence-electron chi connectivity index (χ2n) is 5.19. The van der Waals surface area contributed by atoms with Crippen LogP contribution in [-0.2, 0) is 16.6 Å². The molecule has 0 spiro atoms. The third-order valence-corrected chi connectivity index (χ3v) is 3.15. The average molecular weight is 224 g/mol. The van der Waals surface area contributed by atoms with E-state index in [1.54, 1.807) is 0 Å². The molecule has 1 aliphatic heterocycles. The van der Waals surface area contributed by atoms with Crippen LogP contribution in [0.1, 0.15) is 31.1 Å². The van der Waals surface area contributed by atoms with Crippen LogP contribution < -0.4 is 0 Å². The van der Waals surface area contributed by atoms with E-state index in [-0.39, 0.29) is 12.0 Å². The van der Waals surface area contributed by atoms with Crippen LogP contribution in [0.25, 0.3) is 0 Å². The summed E-state index contributed by atoms with van der Waals surface area (Å²) in [5.74, 6) is 1.48. The van der Waals surface area contributed by atoms with E-state index in [0.29, 0.717) is 19.1 Å². The van der Waals surface area contributed by atoms with Gasteiger partial charge >= 0.3 is 0 Å². The van der Waals surface area contributed by atoms with Gasteiger partial charge in [-0.3, -0.25) is 0 Å². The molecule has 0 bridgehead atoms. The number of hydrogen-bond donors (Lipinski definition) is 2. The molecule has 4 nitrogen and oxygen atoms in total. The van der Waals surface area contributed by atoms with Gasteiger partial charge in [0, 0.05) is 5.69 Å². The van der Waals surface area contributed by atoms with Crippen LogP contribution in [-0.4, -0.2) is 34.9 Å². The number of nitrogens with one attached hydrogen (secondary N) is 1. The van der Waals surface area contributed by atoms with Crippen LogP contribution in [0.15, 0.2) is 0 Å². The molecule has 0 radical (unpaired) electrons. The van der Waals surface area contributed by atoms with E-state index in [9.17, 15) is 5.11 Å². The van der Waals surface area contributed by atoms with Crippen LogP contribution in [0, 0.1) is 12.8 Å². The van der Waals surface area contributed by atoms with Gasteiger partial charge in [-0.1, -0.05) is 13.8 Å². The first-order chi connectivity index (χ1) is 7.57. The first-order valence-electron chi connectivity index (χ1n) is 5.82. The number of aromatic nitrogens is 2. The van der Waals surface area contributed by atoms with Gasteiger partial charge in [-0.05, 0) is 19.3 Å². The van der Waals surface area contributed by atoms with Crippen LogP contribution in [0.4, 0.5) is 0 Å². The van der Waals surface area contributed by atoms with Crippen LogP contribution in [0.2, 0.25) is 0 Å². The third-order valence-electron chi connectivity index (χ3n) is 3.15. The Bertz CT molecular complexity index is 362. The highest BCUT2D eigenvalue weighted by molar-refractivity contribution is 5.21. The maximum atomic E-state index is 9.43. The highest BCUT2D eigenvalue weighted by Crippen LogP contribution is 2.30. The highest BCUT2D eigenvalue weighted by Gasteiger charge is 2.42. The van der Waals surface area contributed by atoms with Gasteiger partial charge in [0.2, 0.25) is 0 Å². The Morgan fingerprint density at radius 2 is 2.19 bits per heavy atom. The van der Waals surface area contributed by atoms with E-state index < -0.39 is 0 Å². The Morgan fingerprint density at radius 1 is 1.50 bits per heavy atom. The van der Waals surface area contributed by atoms with Crippen molar-refractivity contribution in [2.24, 2.45) is 5.92 Å². The summed E-state index contributed by atoms with van der Waals surface area (Å²) in [5, 5.41) is 9.43. The molecule has 1 aliphatic rings. The fraction of sp³-hybridized carbons (Fsp3) is 0.750. The maximum absolute atomic E-state index is 9.43. The van der Waals surface area contributed by atoms with Crippen LogP contribution in [0.3, 0.4) is 0 Å².